The molecule has 1 aromatic carbocycles. The number of benzene rings is 1. The maximum absolute atomic E-state index is 13.4. The van der Waals surface area contributed by atoms with E-state index in [4.69, 9.17) is 4.98 Å². The first kappa shape index (κ1) is 19.2. The van der Waals surface area contributed by atoms with Gasteiger partial charge in [-0.05, 0) is 56.5 Å². The van der Waals surface area contributed by atoms with Gasteiger partial charge in [0.25, 0.3) is 5.91 Å². The van der Waals surface area contributed by atoms with E-state index in [1.807, 2.05) is 0 Å². The van der Waals surface area contributed by atoms with Crippen molar-refractivity contribution >= 4 is 26.8 Å². The van der Waals surface area contributed by atoms with Crippen LogP contribution < -0.4 is 5.32 Å². The number of amides is 1. The third-order valence-corrected chi connectivity index (χ3v) is 7.44. The molecule has 0 unspecified atom stereocenters. The highest BCUT2D eigenvalue weighted by Crippen LogP contribution is 2.32. The number of aromatic nitrogens is 3. The largest absolute Gasteiger partial charge is 0.349 e. The molecular weight excluding hydrogens is 407 g/mol. The lowest BCUT2D eigenvalue weighted by molar-refractivity contribution is 0.0952. The van der Waals surface area contributed by atoms with Crippen LogP contribution in [-0.2, 0) is 9.84 Å². The van der Waals surface area contributed by atoms with Crippen molar-refractivity contribution in [2.24, 2.45) is 0 Å². The van der Waals surface area contributed by atoms with E-state index in [9.17, 15) is 17.6 Å². The molecule has 0 radical (unpaired) electrons. The zero-order chi connectivity index (χ0) is 21.0. The van der Waals surface area contributed by atoms with Crippen molar-refractivity contribution in [1.82, 2.24) is 20.1 Å². The zero-order valence-corrected chi connectivity index (χ0v) is 17.2. The maximum Gasteiger partial charge on any atom is 0.252 e. The SMILES string of the molecule is Cc1nn([C@H]2CCS(=O)(=O)C2)c2nc(-c3ccc(F)cc3)cc(C(=O)NC3CC3)c12. The van der Waals surface area contributed by atoms with Gasteiger partial charge in [-0.3, -0.25) is 4.79 Å². The van der Waals surface area contributed by atoms with Gasteiger partial charge in [-0.25, -0.2) is 22.5 Å². The normalized spacial score (nSPS) is 20.5. The Balaban J connectivity index is 1.70. The second-order valence-corrected chi connectivity index (χ2v) is 10.3. The van der Waals surface area contributed by atoms with E-state index in [-0.39, 0.29) is 35.3 Å². The Morgan fingerprint density at radius 1 is 1.20 bits per heavy atom. The van der Waals surface area contributed by atoms with Crippen LogP contribution in [0.1, 0.15) is 41.4 Å². The molecule has 156 valence electrons. The van der Waals surface area contributed by atoms with Crippen molar-refractivity contribution in [3.63, 3.8) is 0 Å². The molecule has 1 atom stereocenters. The van der Waals surface area contributed by atoms with Crippen LogP contribution >= 0.6 is 0 Å². The Bertz CT molecular complexity index is 1260. The second kappa shape index (κ2) is 6.87. The van der Waals surface area contributed by atoms with Crippen LogP contribution in [-0.4, -0.2) is 46.6 Å². The number of hydrogen-bond donors (Lipinski definition) is 1. The van der Waals surface area contributed by atoms with Crippen molar-refractivity contribution in [2.75, 3.05) is 11.5 Å². The number of sulfone groups is 1. The van der Waals surface area contributed by atoms with E-state index < -0.39 is 9.84 Å². The van der Waals surface area contributed by atoms with Crippen LogP contribution in [0.15, 0.2) is 30.3 Å². The summed E-state index contributed by atoms with van der Waals surface area (Å²) >= 11 is 0. The van der Waals surface area contributed by atoms with Gasteiger partial charge in [0, 0.05) is 11.6 Å². The van der Waals surface area contributed by atoms with E-state index >= 15 is 0 Å². The minimum Gasteiger partial charge on any atom is -0.349 e. The average molecular weight is 428 g/mol. The summed E-state index contributed by atoms with van der Waals surface area (Å²) in [4.78, 5) is 17.7. The van der Waals surface area contributed by atoms with Crippen molar-refractivity contribution in [2.45, 2.75) is 38.3 Å². The molecule has 2 fully saturated rings. The summed E-state index contributed by atoms with van der Waals surface area (Å²) < 4.78 is 39.1. The van der Waals surface area contributed by atoms with Crippen molar-refractivity contribution in [3.05, 3.63) is 47.4 Å². The van der Waals surface area contributed by atoms with Gasteiger partial charge in [-0.1, -0.05) is 0 Å². The molecule has 3 aromatic rings. The Morgan fingerprint density at radius 2 is 1.93 bits per heavy atom. The minimum atomic E-state index is -3.11. The van der Waals surface area contributed by atoms with Crippen molar-refractivity contribution < 1.29 is 17.6 Å². The monoisotopic (exact) mass is 428 g/mol. The number of hydrogen-bond acceptors (Lipinski definition) is 5. The lowest BCUT2D eigenvalue weighted by Gasteiger charge is -2.12. The Kier molecular flexibility index (Phi) is 4.39. The Labute approximate surface area is 173 Å². The quantitative estimate of drug-likeness (QED) is 0.690. The fraction of sp³-hybridized carbons (Fsp3) is 0.381. The summed E-state index contributed by atoms with van der Waals surface area (Å²) in [6.07, 6.45) is 2.39. The molecule has 3 heterocycles. The Morgan fingerprint density at radius 3 is 2.57 bits per heavy atom. The molecule has 30 heavy (non-hydrogen) atoms. The molecule has 0 bridgehead atoms. The predicted molar refractivity (Wildman–Crippen MR) is 110 cm³/mol. The number of carbonyl (C=O) groups excluding carboxylic acids is 1. The Hall–Kier alpha value is -2.81. The molecule has 1 saturated heterocycles. The van der Waals surface area contributed by atoms with Gasteiger partial charge in [-0.15, -0.1) is 0 Å². The molecular formula is C21H21FN4O3S. The van der Waals surface area contributed by atoms with Crippen LogP contribution in [0, 0.1) is 12.7 Å². The van der Waals surface area contributed by atoms with Gasteiger partial charge in [0.05, 0.1) is 39.9 Å². The highest BCUT2D eigenvalue weighted by Gasteiger charge is 2.33. The number of carbonyl (C=O) groups is 1. The molecule has 0 spiro atoms. The number of halogens is 1. The van der Waals surface area contributed by atoms with Gasteiger partial charge in [0.2, 0.25) is 0 Å². The van der Waals surface area contributed by atoms with Gasteiger partial charge in [0.15, 0.2) is 15.5 Å². The molecule has 9 heteroatoms. The summed E-state index contributed by atoms with van der Waals surface area (Å²) in [5.74, 6) is -0.432. The lowest BCUT2D eigenvalue weighted by Crippen LogP contribution is -2.25. The highest BCUT2D eigenvalue weighted by atomic mass is 32.2. The van der Waals surface area contributed by atoms with Crippen LogP contribution in [0.4, 0.5) is 4.39 Å². The first-order chi connectivity index (χ1) is 14.3. The van der Waals surface area contributed by atoms with E-state index in [0.29, 0.717) is 40.0 Å². The summed E-state index contributed by atoms with van der Waals surface area (Å²) in [5, 5.41) is 8.21. The van der Waals surface area contributed by atoms with Gasteiger partial charge in [-0.2, -0.15) is 5.10 Å². The predicted octanol–water partition coefficient (Wildman–Crippen LogP) is 2.80. The van der Waals surface area contributed by atoms with Crippen LogP contribution in [0.3, 0.4) is 0 Å². The fourth-order valence-electron chi connectivity index (χ4n) is 3.97. The summed E-state index contributed by atoms with van der Waals surface area (Å²) in [5.41, 5.74) is 2.76. The number of nitrogens with zero attached hydrogens (tertiary/aromatic N) is 3. The van der Waals surface area contributed by atoms with E-state index in [2.05, 4.69) is 10.4 Å². The summed E-state index contributed by atoms with van der Waals surface area (Å²) in [6, 6.07) is 7.48. The molecule has 1 amide bonds. The molecule has 7 nitrogen and oxygen atoms in total. The first-order valence-corrected chi connectivity index (χ1v) is 11.8. The third kappa shape index (κ3) is 3.47. The first-order valence-electron chi connectivity index (χ1n) is 9.98. The van der Waals surface area contributed by atoms with Gasteiger partial charge >= 0.3 is 0 Å². The summed E-state index contributed by atoms with van der Waals surface area (Å²) in [6.45, 7) is 1.80. The van der Waals surface area contributed by atoms with E-state index in [1.165, 1.54) is 12.1 Å². The standard InChI is InChI=1S/C21H21FN4O3S/c1-12-19-17(21(27)23-15-6-7-15)10-18(13-2-4-14(22)5-3-13)24-20(19)26(25-12)16-8-9-30(28,29)11-16/h2-5,10,15-16H,6-9,11H2,1H3,(H,23,27)/t16-/m0/s1. The molecule has 1 aliphatic carbocycles. The molecule has 1 saturated carbocycles. The number of nitrogens with one attached hydrogen (secondary N) is 1. The van der Waals surface area contributed by atoms with Crippen LogP contribution in [0.25, 0.3) is 22.3 Å². The third-order valence-electron chi connectivity index (χ3n) is 5.69. The molecule has 2 aromatic heterocycles. The summed E-state index contributed by atoms with van der Waals surface area (Å²) in [7, 11) is -3.11. The number of pyridine rings is 1. The highest BCUT2D eigenvalue weighted by molar-refractivity contribution is 7.91. The molecule has 1 N–H and O–H groups in total. The smallest absolute Gasteiger partial charge is 0.252 e. The zero-order valence-electron chi connectivity index (χ0n) is 16.4. The minimum absolute atomic E-state index is 0.00921. The topological polar surface area (TPSA) is 93.9 Å². The lowest BCUT2D eigenvalue weighted by atomic mass is 10.0. The van der Waals surface area contributed by atoms with Crippen molar-refractivity contribution in [1.29, 1.82) is 0 Å². The molecule has 2 aliphatic rings. The van der Waals surface area contributed by atoms with Crippen molar-refractivity contribution in [3.8, 4) is 11.3 Å². The van der Waals surface area contributed by atoms with E-state index in [0.717, 1.165) is 12.8 Å². The van der Waals surface area contributed by atoms with Gasteiger partial charge in [0.1, 0.15) is 5.82 Å². The number of aryl methyl sites for hydroxylation is 1. The second-order valence-electron chi connectivity index (χ2n) is 8.10. The maximum atomic E-state index is 13.4. The molecule has 1 aliphatic heterocycles. The van der Waals surface area contributed by atoms with Crippen LogP contribution in [0.5, 0.6) is 0 Å². The fourth-order valence-corrected chi connectivity index (χ4v) is 5.67. The number of rotatable bonds is 4. The average Bonchev–Trinajstić information content (AvgIpc) is 3.36. The molecule has 5 rings (SSSR count). The van der Waals surface area contributed by atoms with Crippen LogP contribution in [0.2, 0.25) is 0 Å². The number of fused-ring (bicyclic) bond motifs is 1. The van der Waals surface area contributed by atoms with E-state index in [1.54, 1.807) is 29.8 Å². The van der Waals surface area contributed by atoms with Gasteiger partial charge < -0.3 is 5.32 Å².